The number of halogens is 1. The average molecular weight is 515 g/mol. The fraction of sp³-hybridized carbons (Fsp3) is 0.444. The zero-order chi connectivity index (χ0) is 26.7. The minimum Gasteiger partial charge on any atom is -0.367 e. The summed E-state index contributed by atoms with van der Waals surface area (Å²) in [4.78, 5) is 27.2. The van der Waals surface area contributed by atoms with Crippen LogP contribution in [-0.2, 0) is 22.0 Å². The fourth-order valence-electron chi connectivity index (χ4n) is 3.74. The molecule has 1 fully saturated rings. The van der Waals surface area contributed by atoms with Crippen molar-refractivity contribution in [3.63, 3.8) is 0 Å². The van der Waals surface area contributed by atoms with Crippen molar-refractivity contribution >= 4 is 28.3 Å². The number of anilines is 1. The van der Waals surface area contributed by atoms with Crippen LogP contribution in [0.4, 0.5) is 10.1 Å². The number of nitrogens with zero attached hydrogens (tertiary/aromatic N) is 2. The Bertz CT molecular complexity index is 1110. The third kappa shape index (κ3) is 7.89. The van der Waals surface area contributed by atoms with Crippen LogP contribution < -0.4 is 10.6 Å². The van der Waals surface area contributed by atoms with Crippen LogP contribution in [0.2, 0.25) is 0 Å². The lowest BCUT2D eigenvalue weighted by molar-refractivity contribution is -0.131. The van der Waals surface area contributed by atoms with Gasteiger partial charge >= 0.3 is 0 Å². The smallest absolute Gasteiger partial charge is 0.254 e. The molecule has 0 bridgehead atoms. The maximum atomic E-state index is 14.0. The number of nitriles is 1. The number of hydrogen-bond acceptors (Lipinski definition) is 5. The molecule has 2 N–H and O–H groups in total. The highest BCUT2D eigenvalue weighted by molar-refractivity contribution is 7.84. The molecule has 0 aliphatic carbocycles. The monoisotopic (exact) mass is 514 g/mol. The standard InChI is InChI=1S/C24H27FN4O3S.C3H8/c1-3-17-4-9-21(25)20(14-17)23(31)27-15-22(30)29-12-10-24(16-26,11-13-29)28-18-5-7-19(8-6-18)33(2)32;1-3-2/h4-9,14,28H,3,10-13,15H2,1-2H3,(H,27,31);3H2,1-2H3. The summed E-state index contributed by atoms with van der Waals surface area (Å²) in [6.45, 7) is 6.63. The molecule has 194 valence electrons. The highest BCUT2D eigenvalue weighted by Gasteiger charge is 2.36. The summed E-state index contributed by atoms with van der Waals surface area (Å²) in [6, 6.07) is 13.8. The Balaban J connectivity index is 0.00000145. The summed E-state index contributed by atoms with van der Waals surface area (Å²) >= 11 is 0. The normalized spacial score (nSPS) is 15.1. The Labute approximate surface area is 215 Å². The van der Waals surface area contributed by atoms with E-state index in [1.54, 1.807) is 41.5 Å². The minimum atomic E-state index is -1.08. The van der Waals surface area contributed by atoms with Gasteiger partial charge in [-0.15, -0.1) is 0 Å². The summed E-state index contributed by atoms with van der Waals surface area (Å²) in [7, 11) is -1.08. The molecule has 2 aromatic rings. The lowest BCUT2D eigenvalue weighted by Gasteiger charge is -2.38. The second-order valence-electron chi connectivity index (χ2n) is 8.74. The van der Waals surface area contributed by atoms with Gasteiger partial charge in [0.25, 0.3) is 5.91 Å². The van der Waals surface area contributed by atoms with Crippen LogP contribution in [0, 0.1) is 17.1 Å². The van der Waals surface area contributed by atoms with E-state index in [0.29, 0.717) is 37.2 Å². The van der Waals surface area contributed by atoms with Crippen LogP contribution in [0.25, 0.3) is 0 Å². The number of benzene rings is 2. The van der Waals surface area contributed by atoms with E-state index in [4.69, 9.17) is 0 Å². The van der Waals surface area contributed by atoms with E-state index >= 15 is 0 Å². The van der Waals surface area contributed by atoms with Crippen LogP contribution in [0.1, 0.15) is 56.0 Å². The molecule has 0 radical (unpaired) electrons. The molecular formula is C27H35FN4O3S. The minimum absolute atomic E-state index is 0.0774. The molecule has 2 amide bonds. The number of piperidine rings is 1. The van der Waals surface area contributed by atoms with Gasteiger partial charge < -0.3 is 15.5 Å². The molecule has 1 aliphatic heterocycles. The molecule has 0 spiro atoms. The molecule has 7 nitrogen and oxygen atoms in total. The number of hydrogen-bond donors (Lipinski definition) is 2. The predicted molar refractivity (Wildman–Crippen MR) is 141 cm³/mol. The number of rotatable bonds is 7. The first-order valence-corrected chi connectivity index (χ1v) is 13.7. The molecule has 36 heavy (non-hydrogen) atoms. The van der Waals surface area contributed by atoms with Crippen molar-refractivity contribution < 1.29 is 18.2 Å². The van der Waals surface area contributed by atoms with Gasteiger partial charge in [-0.2, -0.15) is 5.26 Å². The van der Waals surface area contributed by atoms with Gasteiger partial charge in [0.15, 0.2) is 0 Å². The third-order valence-corrected chi connectivity index (χ3v) is 6.77. The molecule has 1 saturated heterocycles. The van der Waals surface area contributed by atoms with Gasteiger partial charge in [0, 0.05) is 53.6 Å². The van der Waals surface area contributed by atoms with Gasteiger partial charge in [0.2, 0.25) is 5.91 Å². The maximum Gasteiger partial charge on any atom is 0.254 e. The van der Waals surface area contributed by atoms with Crippen LogP contribution in [-0.4, -0.2) is 52.4 Å². The Hall–Kier alpha value is -3.25. The number of nitrogens with one attached hydrogen (secondary N) is 2. The number of carbonyl (C=O) groups is 2. The Kier molecular flexibility index (Phi) is 11.1. The molecule has 1 aliphatic rings. The molecule has 9 heteroatoms. The van der Waals surface area contributed by atoms with E-state index in [1.807, 2.05) is 6.92 Å². The molecular weight excluding hydrogens is 479 g/mol. The number of aryl methyl sites for hydroxylation is 1. The molecule has 0 aromatic heterocycles. The van der Waals surface area contributed by atoms with Gasteiger partial charge in [-0.1, -0.05) is 33.3 Å². The van der Waals surface area contributed by atoms with Crippen molar-refractivity contribution in [1.82, 2.24) is 10.2 Å². The third-order valence-electron chi connectivity index (χ3n) is 5.84. The second kappa shape index (κ2) is 13.7. The lowest BCUT2D eigenvalue weighted by atomic mass is 9.88. The second-order valence-corrected chi connectivity index (χ2v) is 10.1. The van der Waals surface area contributed by atoms with Crippen molar-refractivity contribution in [2.24, 2.45) is 0 Å². The lowest BCUT2D eigenvalue weighted by Crippen LogP contribution is -2.51. The highest BCUT2D eigenvalue weighted by Crippen LogP contribution is 2.27. The van der Waals surface area contributed by atoms with Gasteiger partial charge in [0.05, 0.1) is 18.2 Å². The van der Waals surface area contributed by atoms with E-state index in [-0.39, 0.29) is 18.0 Å². The predicted octanol–water partition coefficient (Wildman–Crippen LogP) is 4.27. The number of carbonyl (C=O) groups excluding carboxylic acids is 2. The summed E-state index contributed by atoms with van der Waals surface area (Å²) in [5.74, 6) is -1.53. The largest absolute Gasteiger partial charge is 0.367 e. The molecule has 3 rings (SSSR count). The van der Waals surface area contributed by atoms with E-state index in [9.17, 15) is 23.5 Å². The molecule has 1 unspecified atom stereocenters. The summed E-state index contributed by atoms with van der Waals surface area (Å²) in [5, 5.41) is 15.5. The first-order chi connectivity index (χ1) is 17.2. The molecule has 1 atom stereocenters. The van der Waals surface area contributed by atoms with Gasteiger partial charge in [-0.3, -0.25) is 13.8 Å². The highest BCUT2D eigenvalue weighted by atomic mass is 32.2. The Morgan fingerprint density at radius 2 is 1.72 bits per heavy atom. The van der Waals surface area contributed by atoms with Crippen molar-refractivity contribution in [2.75, 3.05) is 31.2 Å². The Morgan fingerprint density at radius 3 is 2.25 bits per heavy atom. The fourth-order valence-corrected chi connectivity index (χ4v) is 4.26. The molecule has 1 heterocycles. The first kappa shape index (κ1) is 29.0. The number of amides is 2. The van der Waals surface area contributed by atoms with Gasteiger partial charge in [-0.25, -0.2) is 4.39 Å². The van der Waals surface area contributed by atoms with E-state index in [2.05, 4.69) is 30.6 Å². The van der Waals surface area contributed by atoms with Crippen molar-refractivity contribution in [1.29, 1.82) is 5.26 Å². The van der Waals surface area contributed by atoms with Crippen LogP contribution in [0.3, 0.4) is 0 Å². The quantitative estimate of drug-likeness (QED) is 0.575. The van der Waals surface area contributed by atoms with E-state index in [1.165, 1.54) is 18.6 Å². The summed E-state index contributed by atoms with van der Waals surface area (Å²) in [5.41, 5.74) is 0.679. The summed E-state index contributed by atoms with van der Waals surface area (Å²) < 4.78 is 25.5. The van der Waals surface area contributed by atoms with Crippen molar-refractivity contribution in [3.05, 3.63) is 59.4 Å². The van der Waals surface area contributed by atoms with Crippen molar-refractivity contribution in [2.45, 2.75) is 56.9 Å². The number of likely N-dealkylation sites (tertiary alicyclic amines) is 1. The zero-order valence-corrected chi connectivity index (χ0v) is 22.2. The van der Waals surface area contributed by atoms with Gasteiger partial charge in [-0.05, 0) is 48.4 Å². The van der Waals surface area contributed by atoms with Crippen molar-refractivity contribution in [3.8, 4) is 6.07 Å². The van der Waals surface area contributed by atoms with E-state index in [0.717, 1.165) is 11.3 Å². The van der Waals surface area contributed by atoms with Crippen LogP contribution in [0.15, 0.2) is 47.4 Å². The first-order valence-electron chi connectivity index (χ1n) is 12.2. The Morgan fingerprint density at radius 1 is 1.11 bits per heavy atom. The van der Waals surface area contributed by atoms with Gasteiger partial charge in [0.1, 0.15) is 11.4 Å². The summed E-state index contributed by atoms with van der Waals surface area (Å²) in [6.07, 6.45) is 4.35. The SMILES string of the molecule is CCC.CCc1ccc(F)c(C(=O)NCC(=O)N2CCC(C#N)(Nc3ccc(S(C)=O)cc3)CC2)c1. The zero-order valence-electron chi connectivity index (χ0n) is 21.4. The van der Waals surface area contributed by atoms with Crippen LogP contribution in [0.5, 0.6) is 0 Å². The molecule has 2 aromatic carbocycles. The maximum absolute atomic E-state index is 14.0. The average Bonchev–Trinajstić information content (AvgIpc) is 2.88. The molecule has 0 saturated carbocycles. The van der Waals surface area contributed by atoms with Crippen LogP contribution >= 0.6 is 0 Å². The topological polar surface area (TPSA) is 102 Å². The van der Waals surface area contributed by atoms with E-state index < -0.39 is 28.1 Å².